The number of nitrogens with one attached hydrogen (secondary N) is 1. The molecule has 1 aromatic carbocycles. The second-order valence-corrected chi connectivity index (χ2v) is 25.4. The van der Waals surface area contributed by atoms with Crippen LogP contribution in [0.3, 0.4) is 0 Å². The van der Waals surface area contributed by atoms with E-state index in [1.165, 1.54) is 0 Å². The maximum absolute atomic E-state index is 12.1. The van der Waals surface area contributed by atoms with Gasteiger partial charge in [-0.3, -0.25) is 4.79 Å². The summed E-state index contributed by atoms with van der Waals surface area (Å²) in [4.78, 5) is 14.2. The summed E-state index contributed by atoms with van der Waals surface area (Å²) in [6.07, 6.45) is 1.27. The highest BCUT2D eigenvalue weighted by atomic mass is 16.6. The van der Waals surface area contributed by atoms with Crippen LogP contribution in [-0.4, -0.2) is 500 Å². The van der Waals surface area contributed by atoms with Crippen molar-refractivity contribution in [1.82, 2.24) is 5.32 Å². The van der Waals surface area contributed by atoms with Gasteiger partial charge in [-0.05, 0) is 18.6 Å². The van der Waals surface area contributed by atoms with Crippen molar-refractivity contribution in [1.29, 1.82) is 0 Å². The van der Waals surface area contributed by atoms with Gasteiger partial charge < -0.3 is 181 Å². The quantitative estimate of drug-likeness (QED) is 0.0874. The molecule has 0 unspecified atom stereocenters. The van der Waals surface area contributed by atoms with Gasteiger partial charge in [-0.15, -0.1) is 0 Å². The first kappa shape index (κ1) is 117. The molecule has 0 aliphatic carbocycles. The van der Waals surface area contributed by atoms with E-state index in [4.69, 9.17) is 171 Å². The van der Waals surface area contributed by atoms with Crippen molar-refractivity contribution in [2.24, 2.45) is 0 Å². The van der Waals surface area contributed by atoms with Gasteiger partial charge in [0.15, 0.2) is 0 Å². The van der Waals surface area contributed by atoms with E-state index in [0.29, 0.717) is 475 Å². The zero-order chi connectivity index (χ0) is 86.8. The molecule has 0 bridgehead atoms. The van der Waals surface area contributed by atoms with E-state index in [2.05, 4.69) is 22.3 Å². The molecule has 122 heavy (non-hydrogen) atoms. The molecule has 0 saturated heterocycles. The molecule has 39 heteroatoms. The van der Waals surface area contributed by atoms with Gasteiger partial charge in [0.2, 0.25) is 5.91 Å². The fourth-order valence-electron chi connectivity index (χ4n) is 9.28. The Hall–Kier alpha value is -2.95. The standard InChI is InChI=1S/C83H160N2O37/c1-85(82-6-3-2-4-7-82)10-5-8-83(87)84-9-12-88-14-16-90-18-20-92-22-24-94-26-28-96-30-32-98-34-36-100-38-40-102-42-44-104-46-48-106-50-52-108-54-56-110-58-60-112-62-64-114-66-68-116-70-72-118-74-76-120-78-80-122-81-79-121-77-75-119-73-71-117-69-67-115-65-63-113-61-59-111-57-55-109-53-51-107-49-47-105-45-43-103-41-39-101-37-35-99-33-31-97-29-27-95-25-23-93-21-19-91-17-15-89-13-11-86/h2-4,6-7,86H,5,8-81H2,1H3,(H,84,87). The van der Waals surface area contributed by atoms with Crippen LogP contribution < -0.4 is 10.2 Å². The van der Waals surface area contributed by atoms with Crippen LogP contribution in [0.25, 0.3) is 0 Å². The average molecular weight is 1780 g/mol. The second-order valence-electron chi connectivity index (χ2n) is 25.4. The van der Waals surface area contributed by atoms with Gasteiger partial charge in [0.25, 0.3) is 0 Å². The lowest BCUT2D eigenvalue weighted by atomic mass is 10.2. The highest BCUT2D eigenvalue weighted by Crippen LogP contribution is 2.11. The molecule has 1 rings (SSSR count). The van der Waals surface area contributed by atoms with Crippen molar-refractivity contribution in [3.8, 4) is 0 Å². The van der Waals surface area contributed by atoms with E-state index in [-0.39, 0.29) is 12.5 Å². The lowest BCUT2D eigenvalue weighted by Crippen LogP contribution is -2.28. The number of aliphatic hydroxyl groups is 1. The number of amides is 1. The Morgan fingerprint density at radius 3 is 0.484 bits per heavy atom. The predicted octanol–water partition coefficient (Wildman–Crippen LogP) is 1.59. The van der Waals surface area contributed by atoms with Crippen LogP contribution in [-0.2, 0) is 171 Å². The molecule has 0 aliphatic heterocycles. The number of carbonyl (C=O) groups is 1. The van der Waals surface area contributed by atoms with E-state index in [1.807, 2.05) is 25.2 Å². The van der Waals surface area contributed by atoms with E-state index >= 15 is 0 Å². The van der Waals surface area contributed by atoms with Gasteiger partial charge in [-0.2, -0.15) is 0 Å². The maximum atomic E-state index is 12.1. The van der Waals surface area contributed by atoms with Crippen LogP contribution in [0.15, 0.2) is 30.3 Å². The molecule has 0 radical (unpaired) electrons. The van der Waals surface area contributed by atoms with Crippen molar-refractivity contribution in [3.63, 3.8) is 0 Å². The molecule has 0 heterocycles. The van der Waals surface area contributed by atoms with Crippen molar-refractivity contribution in [2.45, 2.75) is 12.8 Å². The molecule has 0 aliphatic rings. The largest absolute Gasteiger partial charge is 0.394 e. The zero-order valence-electron chi connectivity index (χ0n) is 74.0. The third-order valence-corrected chi connectivity index (χ3v) is 15.5. The van der Waals surface area contributed by atoms with Crippen LogP contribution in [0.4, 0.5) is 5.69 Å². The Morgan fingerprint density at radius 2 is 0.344 bits per heavy atom. The molecule has 1 amide bonds. The first-order valence-electron chi connectivity index (χ1n) is 43.6. The number of hydrogen-bond donors (Lipinski definition) is 2. The van der Waals surface area contributed by atoms with E-state index in [0.717, 1.165) is 18.7 Å². The number of para-hydroxylation sites is 1. The van der Waals surface area contributed by atoms with Gasteiger partial charge >= 0.3 is 0 Å². The first-order valence-corrected chi connectivity index (χ1v) is 43.6. The van der Waals surface area contributed by atoms with E-state index in [1.54, 1.807) is 0 Å². The molecular weight excluding hydrogens is 1620 g/mol. The van der Waals surface area contributed by atoms with Crippen molar-refractivity contribution in [2.75, 3.05) is 494 Å². The summed E-state index contributed by atoms with van der Waals surface area (Å²) < 4.78 is 193. The number of ether oxygens (including phenoxy) is 35. The Morgan fingerprint density at radius 1 is 0.213 bits per heavy atom. The van der Waals surface area contributed by atoms with Crippen LogP contribution in [0, 0.1) is 0 Å². The zero-order valence-corrected chi connectivity index (χ0v) is 74.0. The number of nitrogens with zero attached hydrogens (tertiary/aromatic N) is 1. The van der Waals surface area contributed by atoms with Crippen molar-refractivity contribution in [3.05, 3.63) is 30.3 Å². The third kappa shape index (κ3) is 102. The molecule has 0 aromatic heterocycles. The van der Waals surface area contributed by atoms with Crippen LogP contribution in [0.5, 0.6) is 0 Å². The van der Waals surface area contributed by atoms with Gasteiger partial charge in [-0.1, -0.05) is 18.2 Å². The molecule has 0 atom stereocenters. The Labute approximate surface area is 727 Å². The molecule has 0 fully saturated rings. The van der Waals surface area contributed by atoms with Gasteiger partial charge in [0.05, 0.1) is 469 Å². The number of benzene rings is 1. The predicted molar refractivity (Wildman–Crippen MR) is 448 cm³/mol. The van der Waals surface area contributed by atoms with Crippen LogP contribution in [0.1, 0.15) is 12.8 Å². The smallest absolute Gasteiger partial charge is 0.220 e. The summed E-state index contributed by atoms with van der Waals surface area (Å²) in [5.41, 5.74) is 1.14. The molecule has 1 aromatic rings. The van der Waals surface area contributed by atoms with Crippen LogP contribution in [0.2, 0.25) is 0 Å². The van der Waals surface area contributed by atoms with Gasteiger partial charge in [0, 0.05) is 32.2 Å². The maximum Gasteiger partial charge on any atom is 0.220 e. The molecule has 2 N–H and O–H groups in total. The fourth-order valence-corrected chi connectivity index (χ4v) is 9.28. The topological polar surface area (TPSA) is 376 Å². The lowest BCUT2D eigenvalue weighted by Gasteiger charge is -2.18. The van der Waals surface area contributed by atoms with Gasteiger partial charge in [0.1, 0.15) is 0 Å². The number of rotatable bonds is 112. The minimum absolute atomic E-state index is 0.0149. The third-order valence-electron chi connectivity index (χ3n) is 15.5. The molecule has 0 saturated carbocycles. The number of aliphatic hydroxyl groups excluding tert-OH is 1. The highest BCUT2D eigenvalue weighted by molar-refractivity contribution is 5.75. The monoisotopic (exact) mass is 1780 g/mol. The summed E-state index contributed by atoms with van der Waals surface area (Å²) in [5.74, 6) is 0.0341. The normalized spacial score (nSPS) is 11.7. The Kier molecular flexibility index (Phi) is 104. The molecule has 39 nitrogen and oxygen atoms in total. The highest BCUT2D eigenvalue weighted by Gasteiger charge is 2.07. The summed E-state index contributed by atoms with van der Waals surface area (Å²) in [6, 6.07) is 10.1. The SMILES string of the molecule is CN(CCCC(=O)NCCOCCOCCOCCOCCOCCOCCOCCOCCOCCOCCOCCOCCOCCOCCOCCOCCOCCOCCOCCOCCOCCOCCOCCOCCOCCOCCOCCOCCOCCOCCOCCOCCOCCOCCOCCO)c1ccccc1. The molecular formula is C83H160N2O37. The summed E-state index contributed by atoms with van der Waals surface area (Å²) in [5, 5.41) is 11.5. The first-order chi connectivity index (χ1) is 60.7. The number of anilines is 1. The van der Waals surface area contributed by atoms with E-state index in [9.17, 15) is 4.79 Å². The number of hydrogen-bond acceptors (Lipinski definition) is 38. The molecule has 724 valence electrons. The summed E-state index contributed by atoms with van der Waals surface area (Å²) in [6.45, 7) is 34.5. The van der Waals surface area contributed by atoms with Crippen LogP contribution >= 0.6 is 0 Å². The Balaban J connectivity index is 1.58. The summed E-state index contributed by atoms with van der Waals surface area (Å²) >= 11 is 0. The minimum atomic E-state index is 0.0149. The van der Waals surface area contributed by atoms with Crippen molar-refractivity contribution >= 4 is 11.6 Å². The van der Waals surface area contributed by atoms with Gasteiger partial charge in [-0.25, -0.2) is 0 Å². The van der Waals surface area contributed by atoms with E-state index < -0.39 is 0 Å². The Bertz CT molecular complexity index is 2040. The molecule has 0 spiro atoms. The minimum Gasteiger partial charge on any atom is -0.394 e. The lowest BCUT2D eigenvalue weighted by molar-refractivity contribution is -0.121. The van der Waals surface area contributed by atoms with Crippen molar-refractivity contribution < 1.29 is 176 Å². The fraction of sp³-hybridized carbons (Fsp3) is 0.916. The summed E-state index contributed by atoms with van der Waals surface area (Å²) in [7, 11) is 2.03. The second kappa shape index (κ2) is 109. The average Bonchev–Trinajstić information content (AvgIpc) is 0.917. The number of carbonyl (C=O) groups excluding carboxylic acids is 1.